The van der Waals surface area contributed by atoms with Crippen molar-refractivity contribution in [3.8, 4) is 0 Å². The van der Waals surface area contributed by atoms with E-state index in [1.165, 1.54) is 11.1 Å². The molecule has 0 aliphatic carbocycles. The molecule has 1 N–H and O–H groups in total. The van der Waals surface area contributed by atoms with Crippen LogP contribution in [0.5, 0.6) is 0 Å². The number of guanidine groups is 1. The van der Waals surface area contributed by atoms with E-state index in [1.807, 2.05) is 7.05 Å². The summed E-state index contributed by atoms with van der Waals surface area (Å²) in [5.74, 6) is 1.99. The molecular weight excluding hydrogens is 288 g/mol. The van der Waals surface area contributed by atoms with Crippen LogP contribution in [-0.4, -0.2) is 45.8 Å². The Balaban J connectivity index is 1.57. The lowest BCUT2D eigenvalue weighted by Gasteiger charge is -2.31. The molecule has 1 aromatic heterocycles. The fraction of sp³-hybridized carbons (Fsp3) is 0.471. The number of aryl methyl sites for hydroxylation is 1. The topological polar surface area (TPSA) is 58.3 Å². The van der Waals surface area contributed by atoms with E-state index in [0.717, 1.165) is 50.8 Å². The maximum atomic E-state index is 4.44. The van der Waals surface area contributed by atoms with Crippen LogP contribution in [0.1, 0.15) is 23.9 Å². The second kappa shape index (κ2) is 7.26. The zero-order chi connectivity index (χ0) is 16.1. The van der Waals surface area contributed by atoms with Gasteiger partial charge in [0.1, 0.15) is 12.2 Å². The lowest BCUT2D eigenvalue weighted by atomic mass is 10.0. The second-order valence-electron chi connectivity index (χ2n) is 5.71. The van der Waals surface area contributed by atoms with Gasteiger partial charge in [-0.25, -0.2) is 0 Å². The first-order valence-electron chi connectivity index (χ1n) is 8.21. The average molecular weight is 312 g/mol. The van der Waals surface area contributed by atoms with Crippen molar-refractivity contribution in [2.75, 3.05) is 20.1 Å². The molecule has 6 nitrogen and oxygen atoms in total. The number of rotatable bonds is 4. The minimum atomic E-state index is 0.815. The van der Waals surface area contributed by atoms with Crippen molar-refractivity contribution < 1.29 is 0 Å². The van der Waals surface area contributed by atoms with Crippen LogP contribution >= 0.6 is 0 Å². The number of benzene rings is 1. The van der Waals surface area contributed by atoms with E-state index >= 15 is 0 Å². The molecule has 3 rings (SSSR count). The van der Waals surface area contributed by atoms with Gasteiger partial charge in [0.15, 0.2) is 5.96 Å². The summed E-state index contributed by atoms with van der Waals surface area (Å²) in [6.45, 7) is 5.68. The monoisotopic (exact) mass is 312 g/mol. The molecule has 122 valence electrons. The third-order valence-corrected chi connectivity index (χ3v) is 4.29. The summed E-state index contributed by atoms with van der Waals surface area (Å²) in [7, 11) is 1.85. The standard InChI is InChI=1S/C17H24N6/c1-3-16-21-20-13-23(16)11-9-19-17(18-2)22-10-8-14-6-4-5-7-15(14)12-22/h4-7,13H,3,8-12H2,1-2H3,(H,18,19). The smallest absolute Gasteiger partial charge is 0.194 e. The molecule has 6 heteroatoms. The van der Waals surface area contributed by atoms with Crippen LogP contribution in [0.15, 0.2) is 35.6 Å². The highest BCUT2D eigenvalue weighted by molar-refractivity contribution is 5.80. The number of nitrogens with one attached hydrogen (secondary N) is 1. The summed E-state index contributed by atoms with van der Waals surface area (Å²) >= 11 is 0. The lowest BCUT2D eigenvalue weighted by molar-refractivity contribution is 0.377. The summed E-state index contributed by atoms with van der Waals surface area (Å²) in [6, 6.07) is 8.66. The Labute approximate surface area is 137 Å². The van der Waals surface area contributed by atoms with Gasteiger partial charge in [0, 0.05) is 39.6 Å². The van der Waals surface area contributed by atoms with Gasteiger partial charge in [0.05, 0.1) is 0 Å². The van der Waals surface area contributed by atoms with Gasteiger partial charge >= 0.3 is 0 Å². The Morgan fingerprint density at radius 2 is 2.13 bits per heavy atom. The van der Waals surface area contributed by atoms with Crippen LogP contribution in [0.4, 0.5) is 0 Å². The predicted octanol–water partition coefficient (Wildman–Crippen LogP) is 1.47. The van der Waals surface area contributed by atoms with Crippen molar-refractivity contribution in [3.63, 3.8) is 0 Å². The Morgan fingerprint density at radius 3 is 2.91 bits per heavy atom. The van der Waals surface area contributed by atoms with E-state index in [-0.39, 0.29) is 0 Å². The average Bonchev–Trinajstić information content (AvgIpc) is 3.06. The van der Waals surface area contributed by atoms with E-state index in [9.17, 15) is 0 Å². The number of aromatic nitrogens is 3. The SMILES string of the molecule is CCc1nncn1CCNC(=NC)N1CCc2ccccc2C1. The summed E-state index contributed by atoms with van der Waals surface area (Å²) in [5.41, 5.74) is 2.85. The van der Waals surface area contributed by atoms with Crippen LogP contribution in [0, 0.1) is 0 Å². The largest absolute Gasteiger partial charge is 0.354 e. The molecule has 1 aromatic carbocycles. The first-order chi connectivity index (χ1) is 11.3. The number of hydrogen-bond donors (Lipinski definition) is 1. The zero-order valence-electron chi connectivity index (χ0n) is 13.9. The quantitative estimate of drug-likeness (QED) is 0.686. The third kappa shape index (κ3) is 3.52. The molecule has 0 saturated heterocycles. The molecule has 1 aliphatic heterocycles. The molecule has 0 amide bonds. The highest BCUT2D eigenvalue weighted by atomic mass is 15.3. The zero-order valence-corrected chi connectivity index (χ0v) is 13.9. The molecule has 2 aromatic rings. The maximum Gasteiger partial charge on any atom is 0.194 e. The summed E-state index contributed by atoms with van der Waals surface area (Å²) in [4.78, 5) is 6.75. The Bertz CT molecular complexity index is 675. The van der Waals surface area contributed by atoms with Gasteiger partial charge in [0.2, 0.25) is 0 Å². The van der Waals surface area contributed by atoms with E-state index < -0.39 is 0 Å². The first-order valence-corrected chi connectivity index (χ1v) is 8.21. The van der Waals surface area contributed by atoms with E-state index in [2.05, 4.69) is 61.2 Å². The van der Waals surface area contributed by atoms with Crippen LogP contribution in [0.3, 0.4) is 0 Å². The Hall–Kier alpha value is -2.37. The molecular formula is C17H24N6. The van der Waals surface area contributed by atoms with Crippen LogP contribution in [0.25, 0.3) is 0 Å². The van der Waals surface area contributed by atoms with Crippen molar-refractivity contribution in [1.82, 2.24) is 25.0 Å². The van der Waals surface area contributed by atoms with Gasteiger partial charge in [-0.15, -0.1) is 10.2 Å². The number of aliphatic imine (C=N–C) groups is 1. The number of hydrogen-bond acceptors (Lipinski definition) is 3. The van der Waals surface area contributed by atoms with Crippen LogP contribution in [-0.2, 0) is 25.9 Å². The molecule has 0 radical (unpaired) electrons. The van der Waals surface area contributed by atoms with Gasteiger partial charge in [-0.2, -0.15) is 0 Å². The highest BCUT2D eigenvalue weighted by Gasteiger charge is 2.18. The predicted molar refractivity (Wildman–Crippen MR) is 91.3 cm³/mol. The number of fused-ring (bicyclic) bond motifs is 1. The molecule has 0 bridgehead atoms. The fourth-order valence-electron chi connectivity index (χ4n) is 3.04. The summed E-state index contributed by atoms with van der Waals surface area (Å²) in [5, 5.41) is 11.5. The molecule has 0 fully saturated rings. The summed E-state index contributed by atoms with van der Waals surface area (Å²) < 4.78 is 2.09. The third-order valence-electron chi connectivity index (χ3n) is 4.29. The van der Waals surface area contributed by atoms with Gasteiger partial charge in [0.25, 0.3) is 0 Å². The second-order valence-corrected chi connectivity index (χ2v) is 5.71. The fourth-order valence-corrected chi connectivity index (χ4v) is 3.04. The molecule has 2 heterocycles. The van der Waals surface area contributed by atoms with Crippen LogP contribution < -0.4 is 5.32 Å². The first kappa shape index (κ1) is 15.5. The minimum Gasteiger partial charge on any atom is -0.354 e. The maximum absolute atomic E-state index is 4.44. The van der Waals surface area contributed by atoms with E-state index in [0.29, 0.717) is 0 Å². The molecule has 1 aliphatic rings. The van der Waals surface area contributed by atoms with Gasteiger partial charge in [-0.3, -0.25) is 4.99 Å². The van der Waals surface area contributed by atoms with Gasteiger partial charge < -0.3 is 14.8 Å². The van der Waals surface area contributed by atoms with Gasteiger partial charge in [-0.05, 0) is 17.5 Å². The summed E-state index contributed by atoms with van der Waals surface area (Å²) in [6.07, 6.45) is 3.76. The molecule has 0 atom stereocenters. The Morgan fingerprint density at radius 1 is 1.30 bits per heavy atom. The van der Waals surface area contributed by atoms with Crippen LogP contribution in [0.2, 0.25) is 0 Å². The van der Waals surface area contributed by atoms with E-state index in [1.54, 1.807) is 6.33 Å². The van der Waals surface area contributed by atoms with Crippen molar-refractivity contribution >= 4 is 5.96 Å². The number of nitrogens with zero attached hydrogens (tertiary/aromatic N) is 5. The normalized spacial score (nSPS) is 14.7. The molecule has 23 heavy (non-hydrogen) atoms. The molecule has 0 unspecified atom stereocenters. The molecule has 0 saturated carbocycles. The minimum absolute atomic E-state index is 0.815. The highest BCUT2D eigenvalue weighted by Crippen LogP contribution is 2.18. The van der Waals surface area contributed by atoms with Crippen molar-refractivity contribution in [2.24, 2.45) is 4.99 Å². The van der Waals surface area contributed by atoms with Gasteiger partial charge in [-0.1, -0.05) is 31.2 Å². The van der Waals surface area contributed by atoms with Crippen molar-refractivity contribution in [3.05, 3.63) is 47.5 Å². The van der Waals surface area contributed by atoms with E-state index in [4.69, 9.17) is 0 Å². The molecule has 0 spiro atoms. The van der Waals surface area contributed by atoms with Crippen molar-refractivity contribution in [2.45, 2.75) is 32.9 Å². The lowest BCUT2D eigenvalue weighted by Crippen LogP contribution is -2.44. The Kier molecular flexibility index (Phi) is 4.90. The van der Waals surface area contributed by atoms with Crippen molar-refractivity contribution in [1.29, 1.82) is 0 Å².